The van der Waals surface area contributed by atoms with Crippen LogP contribution < -0.4 is 22.6 Å². The van der Waals surface area contributed by atoms with Crippen molar-refractivity contribution in [3.63, 3.8) is 0 Å². The summed E-state index contributed by atoms with van der Waals surface area (Å²) in [5.41, 5.74) is 15.2. The van der Waals surface area contributed by atoms with E-state index in [1.54, 1.807) is 33.9 Å². The minimum Gasteiger partial charge on any atom is -0.383 e. The Morgan fingerprint density at radius 3 is 1.27 bits per heavy atom. The molecule has 0 spiro atoms. The van der Waals surface area contributed by atoms with Crippen molar-refractivity contribution < 1.29 is 17.6 Å². The van der Waals surface area contributed by atoms with Gasteiger partial charge in [-0.25, -0.2) is 66.8 Å². The number of halogens is 4. The van der Waals surface area contributed by atoms with Crippen LogP contribution in [0.1, 0.15) is 104 Å². The monoisotopic (exact) mass is 1150 g/mol. The second kappa shape index (κ2) is 21.7. The number of fused-ring (bicyclic) bond motifs is 4. The second-order valence-corrected chi connectivity index (χ2v) is 23.0. The van der Waals surface area contributed by atoms with Crippen LogP contribution in [0.3, 0.4) is 0 Å². The third-order valence-electron chi connectivity index (χ3n) is 13.2. The fourth-order valence-corrected chi connectivity index (χ4v) is 11.2. The van der Waals surface area contributed by atoms with Gasteiger partial charge in [-0.1, -0.05) is 80.7 Å². The molecule has 2 aromatic carbocycles. The first-order valence-electron chi connectivity index (χ1n) is 24.9. The van der Waals surface area contributed by atoms with Gasteiger partial charge in [0.05, 0.1) is 65.1 Å². The van der Waals surface area contributed by atoms with Gasteiger partial charge in [-0.15, -0.1) is 22.7 Å². The van der Waals surface area contributed by atoms with E-state index in [2.05, 4.69) is 71.4 Å². The molecule has 0 bridgehead atoms. The quantitative estimate of drug-likeness (QED) is 0.135. The molecule has 0 amide bonds. The molecule has 0 aliphatic carbocycles. The van der Waals surface area contributed by atoms with Crippen LogP contribution in [0, 0.1) is 23.3 Å². The summed E-state index contributed by atoms with van der Waals surface area (Å²) in [6.07, 6.45) is 8.32. The molecule has 18 nitrogen and oxygen atoms in total. The summed E-state index contributed by atoms with van der Waals surface area (Å²) >= 11 is 3.00. The van der Waals surface area contributed by atoms with E-state index in [-0.39, 0.29) is 59.7 Å². The summed E-state index contributed by atoms with van der Waals surface area (Å²) in [5.74, 6) is -1.75. The number of nitrogens with zero attached hydrogens (tertiary/aromatic N) is 14. The van der Waals surface area contributed by atoms with Crippen molar-refractivity contribution in [3.8, 4) is 43.4 Å². The molecule has 0 radical (unpaired) electrons. The topological polar surface area (TPSA) is 234 Å². The highest BCUT2D eigenvalue weighted by molar-refractivity contribution is 7.15. The molecule has 0 aliphatic heterocycles. The summed E-state index contributed by atoms with van der Waals surface area (Å²) in [5, 5.41) is 12.7. The van der Waals surface area contributed by atoms with Crippen molar-refractivity contribution in [3.05, 3.63) is 176 Å². The standard InChI is InChI=1S/2C28H24F2N8OS.2CH4/c2*1-14(22-20(15-6-5-7-16(29)10-15)26(39)37-12-17(30)8-9-19(37)35-22)38-25-21(24(31)33-13-34-25)23(36-38)18-11-32-27(40-18)28(2,3)4;;/h2*5-14H,1-4H3,(H2,31,33,34);2*1H4/t2*14-;;/m10../s1. The maximum absolute atomic E-state index is 14.3. The highest BCUT2D eigenvalue weighted by Gasteiger charge is 2.31. The lowest BCUT2D eigenvalue weighted by molar-refractivity contribution is 0.566. The van der Waals surface area contributed by atoms with Crippen LogP contribution in [0.15, 0.2) is 120 Å². The Hall–Kier alpha value is -9.16. The minimum absolute atomic E-state index is 0. The molecule has 10 heterocycles. The van der Waals surface area contributed by atoms with Crippen LogP contribution in [0.2, 0.25) is 0 Å². The number of aromatic nitrogens is 14. The maximum atomic E-state index is 14.3. The first kappa shape index (κ1) is 57.5. The number of hydrogen-bond acceptors (Lipinski definition) is 16. The number of pyridine rings is 2. The average Bonchev–Trinajstić information content (AvgIpc) is 3.41. The van der Waals surface area contributed by atoms with Crippen LogP contribution in [0.5, 0.6) is 0 Å². The predicted octanol–water partition coefficient (Wildman–Crippen LogP) is 12.1. The zero-order valence-electron chi connectivity index (χ0n) is 44.1. The van der Waals surface area contributed by atoms with E-state index in [9.17, 15) is 27.2 Å². The lowest BCUT2D eigenvalue weighted by Crippen LogP contribution is -2.23. The van der Waals surface area contributed by atoms with Gasteiger partial charge in [0.1, 0.15) is 70.2 Å². The molecule has 12 aromatic rings. The minimum atomic E-state index is -0.665. The Labute approximate surface area is 474 Å². The van der Waals surface area contributed by atoms with Crippen molar-refractivity contribution in [2.75, 3.05) is 11.5 Å². The van der Waals surface area contributed by atoms with Crippen molar-refractivity contribution in [2.24, 2.45) is 0 Å². The van der Waals surface area contributed by atoms with Crippen molar-refractivity contribution in [2.45, 2.75) is 93.2 Å². The van der Waals surface area contributed by atoms with Gasteiger partial charge in [0.25, 0.3) is 11.1 Å². The molecule has 24 heteroatoms. The zero-order chi connectivity index (χ0) is 56.7. The molecule has 4 N–H and O–H groups in total. The number of rotatable bonds is 8. The van der Waals surface area contributed by atoms with E-state index >= 15 is 0 Å². The van der Waals surface area contributed by atoms with E-state index in [1.807, 2.05) is 13.8 Å². The summed E-state index contributed by atoms with van der Waals surface area (Å²) in [4.78, 5) is 65.0. The average molecular weight is 1150 g/mol. The summed E-state index contributed by atoms with van der Waals surface area (Å²) in [7, 11) is 0. The molecular formula is C58H56F4N16O2S2. The van der Waals surface area contributed by atoms with Gasteiger partial charge < -0.3 is 11.5 Å². The van der Waals surface area contributed by atoms with E-state index in [4.69, 9.17) is 31.6 Å². The van der Waals surface area contributed by atoms with E-state index in [1.165, 1.54) is 96.0 Å². The number of nitrogens with two attached hydrogens (primary N) is 2. The summed E-state index contributed by atoms with van der Waals surface area (Å²) in [6.45, 7) is 16.1. The Morgan fingerprint density at radius 1 is 0.524 bits per heavy atom. The van der Waals surface area contributed by atoms with Crippen LogP contribution >= 0.6 is 22.7 Å². The largest absolute Gasteiger partial charge is 0.383 e. The Bertz CT molecular complexity index is 4270. The lowest BCUT2D eigenvalue weighted by atomic mass is 9.98. The van der Waals surface area contributed by atoms with Gasteiger partial charge in [-0.2, -0.15) is 10.2 Å². The normalized spacial score (nSPS) is 12.5. The second-order valence-electron chi connectivity index (χ2n) is 20.9. The van der Waals surface area contributed by atoms with Crippen LogP contribution in [0.4, 0.5) is 29.2 Å². The predicted molar refractivity (Wildman–Crippen MR) is 314 cm³/mol. The fourth-order valence-electron chi connectivity index (χ4n) is 9.26. The lowest BCUT2D eigenvalue weighted by Gasteiger charge is -2.18. The Balaban J connectivity index is 0.000000193. The Kier molecular flexibility index (Phi) is 15.2. The summed E-state index contributed by atoms with van der Waals surface area (Å²) < 4.78 is 62.3. The van der Waals surface area contributed by atoms with Crippen molar-refractivity contribution in [1.82, 2.24) is 68.2 Å². The number of nitrogen functional groups attached to an aromatic ring is 2. The highest BCUT2D eigenvalue weighted by atomic mass is 32.1. The van der Waals surface area contributed by atoms with Crippen molar-refractivity contribution in [1.29, 1.82) is 0 Å². The van der Waals surface area contributed by atoms with Gasteiger partial charge in [-0.3, -0.25) is 18.4 Å². The number of anilines is 2. The molecule has 0 fully saturated rings. The summed E-state index contributed by atoms with van der Waals surface area (Å²) in [6, 6.07) is 15.3. The van der Waals surface area contributed by atoms with Gasteiger partial charge in [0.2, 0.25) is 0 Å². The molecule has 0 saturated heterocycles. The van der Waals surface area contributed by atoms with Gasteiger partial charge in [-0.05, 0) is 73.5 Å². The molecular weight excluding hydrogens is 1090 g/mol. The third kappa shape index (κ3) is 10.3. The van der Waals surface area contributed by atoms with Crippen LogP contribution in [-0.4, -0.2) is 68.2 Å². The SMILES string of the molecule is C.C.C[C@@H](c1nc2ccc(F)cn2c(=O)c1-c1cccc(F)c1)n1nc(-c2cnc(C(C)(C)C)s2)c2c(N)ncnc21.C[C@H](c1nc2ccc(F)cn2c(=O)c1-c1cccc(F)c1)n1nc(-c2cnc(C(C)(C)C)s2)c2c(N)ncnc21. The Morgan fingerprint density at radius 2 is 0.915 bits per heavy atom. The molecule has 12 rings (SSSR count). The fraction of sp³-hybridized carbons (Fsp3) is 0.241. The molecule has 420 valence electrons. The molecule has 10 aromatic heterocycles. The number of thiazole rings is 2. The van der Waals surface area contributed by atoms with Gasteiger partial charge in [0, 0.05) is 35.6 Å². The van der Waals surface area contributed by atoms with E-state index in [0.29, 0.717) is 56.0 Å². The smallest absolute Gasteiger partial charge is 0.266 e. The van der Waals surface area contributed by atoms with Gasteiger partial charge in [0.15, 0.2) is 11.3 Å². The highest BCUT2D eigenvalue weighted by Crippen LogP contribution is 2.41. The number of benzene rings is 2. The molecule has 0 aliphatic rings. The molecule has 2 atom stereocenters. The first-order valence-corrected chi connectivity index (χ1v) is 26.5. The molecule has 0 saturated carbocycles. The maximum Gasteiger partial charge on any atom is 0.266 e. The molecule has 0 unspecified atom stereocenters. The third-order valence-corrected chi connectivity index (χ3v) is 16.0. The van der Waals surface area contributed by atoms with E-state index in [0.717, 1.165) is 41.0 Å². The van der Waals surface area contributed by atoms with E-state index < -0.39 is 46.5 Å². The van der Waals surface area contributed by atoms with Gasteiger partial charge >= 0.3 is 0 Å². The molecule has 82 heavy (non-hydrogen) atoms. The zero-order valence-corrected chi connectivity index (χ0v) is 45.7. The number of hydrogen-bond donors (Lipinski definition) is 2. The van der Waals surface area contributed by atoms with Crippen LogP contribution in [-0.2, 0) is 10.8 Å². The van der Waals surface area contributed by atoms with Crippen molar-refractivity contribution >= 4 is 67.7 Å². The first-order chi connectivity index (χ1) is 38.0. The van der Waals surface area contributed by atoms with Crippen LogP contribution in [0.25, 0.3) is 76.8 Å².